The molecule has 0 aliphatic carbocycles. The van der Waals surface area contributed by atoms with Crippen LogP contribution in [-0.4, -0.2) is 45.5 Å². The van der Waals surface area contributed by atoms with Gasteiger partial charge in [-0.15, -0.1) is 11.3 Å². The van der Waals surface area contributed by atoms with Crippen LogP contribution in [0.25, 0.3) is 10.1 Å². The average Bonchev–Trinajstić information content (AvgIpc) is 3.19. The zero-order valence-electron chi connectivity index (χ0n) is 16.3. The molecule has 6 nitrogen and oxygen atoms in total. The van der Waals surface area contributed by atoms with E-state index >= 15 is 0 Å². The Morgan fingerprint density at radius 1 is 1.28 bits per heavy atom. The Balaban J connectivity index is 1.44. The molecule has 0 spiro atoms. The molecule has 2 N–H and O–H groups in total. The third kappa shape index (κ3) is 4.64. The summed E-state index contributed by atoms with van der Waals surface area (Å²) in [6, 6.07) is 13.8. The molecule has 0 saturated carbocycles. The van der Waals surface area contributed by atoms with Gasteiger partial charge in [-0.25, -0.2) is 5.43 Å². The standard InChI is InChI=1S/C22H23N3O3S/c1-27-20-7-6-16(12-17(20)14-25-8-10-28-11-9-25)13-23-24-22(26)19-15-29-21-5-3-2-4-18(19)21/h2-7,12-13,15H,8-11,14H2,1H3,(H,24,26)/p+1/b23-13-. The highest BCUT2D eigenvalue weighted by molar-refractivity contribution is 7.17. The van der Waals surface area contributed by atoms with Gasteiger partial charge in [-0.1, -0.05) is 18.2 Å². The molecule has 7 heteroatoms. The van der Waals surface area contributed by atoms with Crippen LogP contribution < -0.4 is 15.1 Å². The SMILES string of the molecule is COc1ccc(/C=N\NC(=O)c2csc3ccccc23)cc1C[NH+]1CCOCC1. The fourth-order valence-electron chi connectivity index (χ4n) is 3.50. The van der Waals surface area contributed by atoms with E-state index < -0.39 is 0 Å². The van der Waals surface area contributed by atoms with Crippen molar-refractivity contribution in [3.8, 4) is 5.75 Å². The monoisotopic (exact) mass is 410 g/mol. The number of methoxy groups -OCH3 is 1. The smallest absolute Gasteiger partial charge is 0.272 e. The van der Waals surface area contributed by atoms with E-state index in [1.807, 2.05) is 41.8 Å². The van der Waals surface area contributed by atoms with Crippen molar-refractivity contribution in [2.24, 2.45) is 5.10 Å². The second-order valence-corrected chi connectivity index (χ2v) is 7.87. The van der Waals surface area contributed by atoms with Crippen LogP contribution in [0.2, 0.25) is 0 Å². The van der Waals surface area contributed by atoms with Gasteiger partial charge in [-0.05, 0) is 29.8 Å². The summed E-state index contributed by atoms with van der Waals surface area (Å²) in [5.41, 5.74) is 5.34. The topological polar surface area (TPSA) is 64.4 Å². The molecule has 1 saturated heterocycles. The lowest BCUT2D eigenvalue weighted by Crippen LogP contribution is -3.12. The van der Waals surface area contributed by atoms with Crippen molar-refractivity contribution < 1.29 is 19.2 Å². The van der Waals surface area contributed by atoms with Crippen molar-refractivity contribution in [3.05, 3.63) is 64.5 Å². The van der Waals surface area contributed by atoms with Crippen molar-refractivity contribution in [1.82, 2.24) is 5.43 Å². The van der Waals surface area contributed by atoms with E-state index in [0.717, 1.165) is 59.8 Å². The van der Waals surface area contributed by atoms with Gasteiger partial charge in [0, 0.05) is 21.0 Å². The molecule has 0 bridgehead atoms. The number of fused-ring (bicyclic) bond motifs is 1. The summed E-state index contributed by atoms with van der Waals surface area (Å²) in [6.45, 7) is 4.45. The first-order valence-electron chi connectivity index (χ1n) is 9.62. The Kier molecular flexibility index (Phi) is 6.19. The van der Waals surface area contributed by atoms with Crippen LogP contribution in [0.4, 0.5) is 0 Å². The van der Waals surface area contributed by atoms with Crippen molar-refractivity contribution in [2.45, 2.75) is 6.54 Å². The third-order valence-corrected chi connectivity index (χ3v) is 6.01. The van der Waals surface area contributed by atoms with Crippen LogP contribution >= 0.6 is 11.3 Å². The van der Waals surface area contributed by atoms with E-state index in [0.29, 0.717) is 5.56 Å². The quantitative estimate of drug-likeness (QED) is 0.483. The van der Waals surface area contributed by atoms with Crippen molar-refractivity contribution in [1.29, 1.82) is 0 Å². The van der Waals surface area contributed by atoms with E-state index in [4.69, 9.17) is 9.47 Å². The third-order valence-electron chi connectivity index (χ3n) is 5.05. The molecular weight excluding hydrogens is 386 g/mol. The number of ether oxygens (including phenoxy) is 2. The van der Waals surface area contributed by atoms with Crippen LogP contribution in [0.5, 0.6) is 5.75 Å². The minimum atomic E-state index is -0.204. The van der Waals surface area contributed by atoms with Gasteiger partial charge in [0.25, 0.3) is 5.91 Å². The molecule has 1 aliphatic heterocycles. The van der Waals surface area contributed by atoms with Gasteiger partial charge in [-0.2, -0.15) is 5.10 Å². The largest absolute Gasteiger partial charge is 0.496 e. The highest BCUT2D eigenvalue weighted by atomic mass is 32.1. The van der Waals surface area contributed by atoms with Crippen molar-refractivity contribution >= 4 is 33.5 Å². The summed E-state index contributed by atoms with van der Waals surface area (Å²) in [5, 5.41) is 6.98. The van der Waals surface area contributed by atoms with Crippen LogP contribution in [0, 0.1) is 0 Å². The number of carbonyl (C=O) groups is 1. The van der Waals surface area contributed by atoms with Crippen LogP contribution in [0.1, 0.15) is 21.5 Å². The fourth-order valence-corrected chi connectivity index (χ4v) is 4.44. The van der Waals surface area contributed by atoms with E-state index in [1.165, 1.54) is 4.90 Å². The predicted octanol–water partition coefficient (Wildman–Crippen LogP) is 2.09. The molecule has 1 fully saturated rings. The first-order chi connectivity index (χ1) is 14.2. The lowest BCUT2D eigenvalue weighted by molar-refractivity contribution is -0.921. The van der Waals surface area contributed by atoms with Gasteiger partial charge in [0.1, 0.15) is 25.4 Å². The minimum Gasteiger partial charge on any atom is -0.496 e. The lowest BCUT2D eigenvalue weighted by atomic mass is 10.1. The summed E-state index contributed by atoms with van der Waals surface area (Å²) in [7, 11) is 1.69. The normalized spacial score (nSPS) is 15.1. The highest BCUT2D eigenvalue weighted by Crippen LogP contribution is 2.25. The number of hydrogen-bond acceptors (Lipinski definition) is 5. The number of carbonyl (C=O) groups excluding carboxylic acids is 1. The molecule has 2 heterocycles. The van der Waals surface area contributed by atoms with Gasteiger partial charge in [0.2, 0.25) is 0 Å². The summed E-state index contributed by atoms with van der Waals surface area (Å²) in [4.78, 5) is 14.0. The molecule has 0 unspecified atom stereocenters. The van der Waals surface area contributed by atoms with Gasteiger partial charge in [0.15, 0.2) is 0 Å². The Hall–Kier alpha value is -2.74. The second kappa shape index (κ2) is 9.17. The zero-order chi connectivity index (χ0) is 20.1. The second-order valence-electron chi connectivity index (χ2n) is 6.96. The molecule has 150 valence electrons. The minimum absolute atomic E-state index is 0.204. The Morgan fingerprint density at radius 2 is 2.10 bits per heavy atom. The summed E-state index contributed by atoms with van der Waals surface area (Å²) in [6.07, 6.45) is 1.67. The molecule has 0 atom stereocenters. The van der Waals surface area contributed by atoms with Gasteiger partial charge < -0.3 is 14.4 Å². The molecule has 29 heavy (non-hydrogen) atoms. The molecule has 4 rings (SSSR count). The molecule has 3 aromatic rings. The van der Waals surface area contributed by atoms with Crippen LogP contribution in [0.3, 0.4) is 0 Å². The first kappa shape index (κ1) is 19.6. The lowest BCUT2D eigenvalue weighted by Gasteiger charge is -2.24. The van der Waals surface area contributed by atoms with Crippen molar-refractivity contribution in [2.75, 3.05) is 33.4 Å². The molecule has 2 aromatic carbocycles. The predicted molar refractivity (Wildman–Crippen MR) is 115 cm³/mol. The number of quaternary nitrogens is 1. The van der Waals surface area contributed by atoms with Crippen LogP contribution in [-0.2, 0) is 11.3 Å². The number of rotatable bonds is 6. The number of hydrogen-bond donors (Lipinski definition) is 2. The van der Waals surface area contributed by atoms with Gasteiger partial charge in [0.05, 0.1) is 32.1 Å². The number of benzene rings is 2. The highest BCUT2D eigenvalue weighted by Gasteiger charge is 2.17. The Bertz CT molecular complexity index is 1030. The molecule has 1 amide bonds. The number of nitrogens with one attached hydrogen (secondary N) is 2. The maximum absolute atomic E-state index is 12.5. The maximum atomic E-state index is 12.5. The molecule has 1 aromatic heterocycles. The zero-order valence-corrected chi connectivity index (χ0v) is 17.1. The Labute approximate surface area is 173 Å². The summed E-state index contributed by atoms with van der Waals surface area (Å²) in [5.74, 6) is 0.667. The van der Waals surface area contributed by atoms with Crippen molar-refractivity contribution in [3.63, 3.8) is 0 Å². The van der Waals surface area contributed by atoms with E-state index in [2.05, 4.69) is 16.6 Å². The summed E-state index contributed by atoms with van der Waals surface area (Å²) < 4.78 is 12.0. The number of thiophene rings is 1. The Morgan fingerprint density at radius 3 is 2.93 bits per heavy atom. The first-order valence-corrected chi connectivity index (χ1v) is 10.5. The average molecular weight is 411 g/mol. The van der Waals surface area contributed by atoms with Gasteiger partial charge in [-0.3, -0.25) is 4.79 Å². The molecule has 1 aliphatic rings. The van der Waals surface area contributed by atoms with E-state index in [9.17, 15) is 4.79 Å². The number of nitrogens with zero attached hydrogens (tertiary/aromatic N) is 1. The summed E-state index contributed by atoms with van der Waals surface area (Å²) >= 11 is 1.56. The maximum Gasteiger partial charge on any atom is 0.272 e. The van der Waals surface area contributed by atoms with Crippen LogP contribution in [0.15, 0.2) is 52.9 Å². The van der Waals surface area contributed by atoms with E-state index in [1.54, 1.807) is 24.7 Å². The number of hydrazone groups is 1. The molecule has 0 radical (unpaired) electrons. The van der Waals surface area contributed by atoms with Gasteiger partial charge >= 0.3 is 0 Å². The molecular formula is C22H24N3O3S+. The number of amides is 1. The van der Waals surface area contributed by atoms with E-state index in [-0.39, 0.29) is 5.91 Å². The number of morpholine rings is 1. The fraction of sp³-hybridized carbons (Fsp3) is 0.273.